The molecule has 0 fully saturated rings. The second kappa shape index (κ2) is 10.6. The first-order valence-corrected chi connectivity index (χ1v) is 13.7. The Balaban J connectivity index is 0.00000288. The fourth-order valence-electron chi connectivity index (χ4n) is 5.87. The van der Waals surface area contributed by atoms with Crippen molar-refractivity contribution < 1.29 is 21.1 Å². The van der Waals surface area contributed by atoms with Crippen molar-refractivity contribution in [2.75, 3.05) is 0 Å². The van der Waals surface area contributed by atoms with E-state index >= 15 is 0 Å². The molecule has 5 heteroatoms. The van der Waals surface area contributed by atoms with Crippen LogP contribution in [0.15, 0.2) is 128 Å². The number of aromatic nitrogens is 4. The van der Waals surface area contributed by atoms with Gasteiger partial charge in [0.25, 0.3) is 0 Å². The molecule has 8 rings (SSSR count). The minimum atomic E-state index is 0. The van der Waals surface area contributed by atoms with Crippen molar-refractivity contribution in [2.45, 2.75) is 0 Å². The summed E-state index contributed by atoms with van der Waals surface area (Å²) < 4.78 is 4.42. The molecule has 0 spiro atoms. The maximum Gasteiger partial charge on any atom is 2.00 e. The summed E-state index contributed by atoms with van der Waals surface area (Å²) in [6.07, 6.45) is 1.82. The van der Waals surface area contributed by atoms with Gasteiger partial charge in [-0.2, -0.15) is 0 Å². The molecule has 5 aromatic carbocycles. The molecule has 3 heterocycles. The Morgan fingerprint density at radius 1 is 0.643 bits per heavy atom. The number of pyridine rings is 1. The number of rotatable bonds is 4. The van der Waals surface area contributed by atoms with Crippen molar-refractivity contribution >= 4 is 32.8 Å². The number of imidazole rings is 1. The summed E-state index contributed by atoms with van der Waals surface area (Å²) >= 11 is 0. The second-order valence-corrected chi connectivity index (χ2v) is 10.2. The molecule has 0 aliphatic heterocycles. The van der Waals surface area contributed by atoms with Gasteiger partial charge < -0.3 is 14.1 Å². The number of para-hydroxylation sites is 2. The number of benzene rings is 5. The van der Waals surface area contributed by atoms with Crippen LogP contribution in [0.25, 0.3) is 72.3 Å². The summed E-state index contributed by atoms with van der Waals surface area (Å²) in [6, 6.07) is 49.3. The van der Waals surface area contributed by atoms with Gasteiger partial charge in [0, 0.05) is 18.8 Å². The van der Waals surface area contributed by atoms with E-state index in [0.717, 1.165) is 55.8 Å². The first-order chi connectivity index (χ1) is 20.3. The minimum absolute atomic E-state index is 0. The zero-order valence-corrected chi connectivity index (χ0v) is 25.0. The van der Waals surface area contributed by atoms with Crippen LogP contribution in [0.5, 0.6) is 0 Å². The Kier molecular flexibility index (Phi) is 6.57. The molecule has 0 atom stereocenters. The van der Waals surface area contributed by atoms with E-state index in [1.165, 1.54) is 16.5 Å². The Morgan fingerprint density at radius 3 is 2.26 bits per heavy atom. The topological polar surface area (TPSA) is 35.6 Å². The van der Waals surface area contributed by atoms with Crippen molar-refractivity contribution in [3.8, 4) is 39.5 Å². The van der Waals surface area contributed by atoms with Crippen LogP contribution in [0, 0.1) is 12.1 Å². The standard InChI is InChI=1S/C37H24N4.Pt/c1-40-33-18-6-5-17-32(33)39-37(40)27-20-21-30-35(24-27)41(28-14-9-13-26(23-28)31-16-7-8-22-38-31)34-19-10-15-29(36(30)34)25-11-3-2-4-12-25;/h2-22H,1H3;/q-2;+2. The number of fused-ring (bicyclic) bond motifs is 4. The molecule has 0 saturated carbocycles. The number of aryl methyl sites for hydroxylation is 1. The molecule has 0 aliphatic carbocycles. The Morgan fingerprint density at radius 2 is 1.43 bits per heavy atom. The van der Waals surface area contributed by atoms with Gasteiger partial charge in [-0.15, -0.1) is 53.6 Å². The van der Waals surface area contributed by atoms with Gasteiger partial charge in [0.05, 0.1) is 16.9 Å². The smallest absolute Gasteiger partial charge is 0.367 e. The van der Waals surface area contributed by atoms with E-state index in [9.17, 15) is 0 Å². The molecular weight excluding hydrogens is 696 g/mol. The molecule has 0 aliphatic rings. The van der Waals surface area contributed by atoms with Gasteiger partial charge in [-0.05, 0) is 57.7 Å². The molecule has 0 saturated heterocycles. The third-order valence-corrected chi connectivity index (χ3v) is 7.78. The predicted molar refractivity (Wildman–Crippen MR) is 167 cm³/mol. The van der Waals surface area contributed by atoms with Gasteiger partial charge in [0.1, 0.15) is 0 Å². The summed E-state index contributed by atoms with van der Waals surface area (Å²) in [6.45, 7) is 0. The molecule has 42 heavy (non-hydrogen) atoms. The van der Waals surface area contributed by atoms with Crippen molar-refractivity contribution in [3.05, 3.63) is 140 Å². The molecule has 202 valence electrons. The predicted octanol–water partition coefficient (Wildman–Crippen LogP) is 8.66. The fourth-order valence-corrected chi connectivity index (χ4v) is 5.87. The summed E-state index contributed by atoms with van der Waals surface area (Å²) in [7, 11) is 2.07. The van der Waals surface area contributed by atoms with Crippen molar-refractivity contribution in [2.24, 2.45) is 7.05 Å². The third-order valence-electron chi connectivity index (χ3n) is 7.78. The van der Waals surface area contributed by atoms with E-state index in [0.29, 0.717) is 0 Å². The van der Waals surface area contributed by atoms with E-state index in [1.807, 2.05) is 36.5 Å². The quantitative estimate of drug-likeness (QED) is 0.171. The van der Waals surface area contributed by atoms with Crippen LogP contribution in [-0.2, 0) is 28.1 Å². The number of hydrogen-bond donors (Lipinski definition) is 0. The summed E-state index contributed by atoms with van der Waals surface area (Å²) in [5.74, 6) is 0.888. The second-order valence-electron chi connectivity index (χ2n) is 10.2. The summed E-state index contributed by atoms with van der Waals surface area (Å²) in [5, 5.41) is 2.33. The summed E-state index contributed by atoms with van der Waals surface area (Å²) in [4.78, 5) is 9.55. The Bertz CT molecular complexity index is 2210. The first kappa shape index (κ1) is 26.1. The monoisotopic (exact) mass is 719 g/mol. The molecule has 0 unspecified atom stereocenters. The van der Waals surface area contributed by atoms with E-state index in [1.54, 1.807) is 0 Å². The molecule has 0 amide bonds. The van der Waals surface area contributed by atoms with Crippen LogP contribution in [-0.4, -0.2) is 19.1 Å². The Hall–Kier alpha value is -4.79. The van der Waals surface area contributed by atoms with Crippen LogP contribution < -0.4 is 0 Å². The van der Waals surface area contributed by atoms with Crippen LogP contribution in [0.2, 0.25) is 0 Å². The third kappa shape index (κ3) is 4.19. The van der Waals surface area contributed by atoms with Crippen LogP contribution >= 0.6 is 0 Å². The largest absolute Gasteiger partial charge is 2.00 e. The van der Waals surface area contributed by atoms with Gasteiger partial charge in [0.15, 0.2) is 0 Å². The molecule has 8 aromatic rings. The molecule has 0 N–H and O–H groups in total. The minimum Gasteiger partial charge on any atom is -0.367 e. The van der Waals surface area contributed by atoms with Crippen LogP contribution in [0.1, 0.15) is 0 Å². The van der Waals surface area contributed by atoms with Crippen LogP contribution in [0.3, 0.4) is 0 Å². The number of hydrogen-bond acceptors (Lipinski definition) is 2. The van der Waals surface area contributed by atoms with Gasteiger partial charge >= 0.3 is 21.1 Å². The van der Waals surface area contributed by atoms with E-state index in [-0.39, 0.29) is 21.1 Å². The average molecular weight is 720 g/mol. The first-order valence-electron chi connectivity index (χ1n) is 13.7. The van der Waals surface area contributed by atoms with Gasteiger partial charge in [-0.25, -0.2) is 0 Å². The molecule has 0 radical (unpaired) electrons. The van der Waals surface area contributed by atoms with Gasteiger partial charge in [-0.1, -0.05) is 72.1 Å². The zero-order valence-electron chi connectivity index (χ0n) is 22.7. The Labute approximate surface area is 258 Å². The van der Waals surface area contributed by atoms with Gasteiger partial charge in [0.2, 0.25) is 0 Å². The van der Waals surface area contributed by atoms with E-state index in [4.69, 9.17) is 4.98 Å². The molecule has 0 bridgehead atoms. The average Bonchev–Trinajstić information content (AvgIpc) is 3.56. The van der Waals surface area contributed by atoms with Crippen molar-refractivity contribution in [1.82, 2.24) is 19.1 Å². The fraction of sp³-hybridized carbons (Fsp3) is 0.0270. The van der Waals surface area contributed by atoms with E-state index < -0.39 is 0 Å². The maximum absolute atomic E-state index is 4.97. The molecular formula is C37H24N4Pt. The van der Waals surface area contributed by atoms with Gasteiger partial charge in [-0.3, -0.25) is 4.98 Å². The number of nitrogens with zero attached hydrogens (tertiary/aromatic N) is 4. The van der Waals surface area contributed by atoms with Crippen molar-refractivity contribution in [1.29, 1.82) is 0 Å². The maximum atomic E-state index is 4.97. The molecule has 3 aromatic heterocycles. The van der Waals surface area contributed by atoms with Crippen LogP contribution in [0.4, 0.5) is 0 Å². The zero-order chi connectivity index (χ0) is 27.3. The summed E-state index contributed by atoms with van der Waals surface area (Å²) in [5.41, 5.74) is 10.3. The molecule has 4 nitrogen and oxygen atoms in total. The van der Waals surface area contributed by atoms with Crippen molar-refractivity contribution in [3.63, 3.8) is 0 Å². The SMILES string of the molecule is Cn1c(-c2[c-]c3c(cc2)c2c(-c4ccccc4)cccc2n3-c2[c-]c(-c3ccccn3)ccc2)nc2ccccc21.[Pt+2]. The normalized spacial score (nSPS) is 11.3. The van der Waals surface area contributed by atoms with E-state index in [2.05, 4.69) is 124 Å².